The average molecular weight is 203 g/mol. The Morgan fingerprint density at radius 2 is 1.87 bits per heavy atom. The van der Waals surface area contributed by atoms with Gasteiger partial charge < -0.3 is 5.73 Å². The highest BCUT2D eigenvalue weighted by Gasteiger charge is 2.40. The van der Waals surface area contributed by atoms with Crippen molar-refractivity contribution in [2.24, 2.45) is 0 Å². The fraction of sp³-hybridized carbons (Fsp3) is 0.667. The van der Waals surface area contributed by atoms with Crippen LogP contribution < -0.4 is 5.73 Å². The molecule has 0 saturated heterocycles. The van der Waals surface area contributed by atoms with Crippen LogP contribution in [0.1, 0.15) is 49.8 Å². The van der Waals surface area contributed by atoms with Crippen molar-refractivity contribution in [2.45, 2.75) is 50.4 Å². The van der Waals surface area contributed by atoms with E-state index in [0.717, 1.165) is 6.42 Å². The predicted octanol–water partition coefficient (Wildman–Crippen LogP) is 2.21. The van der Waals surface area contributed by atoms with Crippen LogP contribution in [0.5, 0.6) is 0 Å². The van der Waals surface area contributed by atoms with Gasteiger partial charge in [0.2, 0.25) is 5.95 Å². The zero-order valence-corrected chi connectivity index (χ0v) is 9.00. The maximum atomic E-state index is 5.71. The minimum absolute atomic E-state index is 0.366. The van der Waals surface area contributed by atoms with Crippen molar-refractivity contribution in [1.82, 2.24) is 9.97 Å². The third-order valence-corrected chi connectivity index (χ3v) is 4.05. The number of aromatic nitrogens is 2. The van der Waals surface area contributed by atoms with Crippen LogP contribution in [0.2, 0.25) is 0 Å². The summed E-state index contributed by atoms with van der Waals surface area (Å²) < 4.78 is 0. The Bertz CT molecular complexity index is 380. The van der Waals surface area contributed by atoms with Crippen molar-refractivity contribution in [2.75, 3.05) is 5.73 Å². The summed E-state index contributed by atoms with van der Waals surface area (Å²) in [7, 11) is 0. The van der Waals surface area contributed by atoms with Crippen molar-refractivity contribution < 1.29 is 0 Å². The van der Waals surface area contributed by atoms with Gasteiger partial charge >= 0.3 is 0 Å². The van der Waals surface area contributed by atoms with Crippen LogP contribution in [0.4, 0.5) is 5.95 Å². The summed E-state index contributed by atoms with van der Waals surface area (Å²) in [6, 6.07) is 0. The van der Waals surface area contributed by atoms with E-state index in [-0.39, 0.29) is 0 Å². The van der Waals surface area contributed by atoms with Gasteiger partial charge in [-0.25, -0.2) is 9.97 Å². The maximum absolute atomic E-state index is 5.71. The van der Waals surface area contributed by atoms with Crippen LogP contribution in [-0.2, 0) is 11.8 Å². The van der Waals surface area contributed by atoms with Gasteiger partial charge in [-0.15, -0.1) is 0 Å². The minimum Gasteiger partial charge on any atom is -0.368 e. The molecule has 1 fully saturated rings. The summed E-state index contributed by atoms with van der Waals surface area (Å²) in [6.07, 6.45) is 11.0. The molecular formula is C12H17N3. The highest BCUT2D eigenvalue weighted by Crippen LogP contribution is 2.47. The quantitative estimate of drug-likeness (QED) is 0.703. The molecule has 3 heteroatoms. The van der Waals surface area contributed by atoms with E-state index in [4.69, 9.17) is 5.73 Å². The molecule has 0 bridgehead atoms. The summed E-state index contributed by atoms with van der Waals surface area (Å²) in [6.45, 7) is 0. The smallest absolute Gasteiger partial charge is 0.220 e. The molecule has 80 valence electrons. The van der Waals surface area contributed by atoms with Gasteiger partial charge in [-0.2, -0.15) is 0 Å². The number of rotatable bonds is 0. The third kappa shape index (κ3) is 1.33. The number of aryl methyl sites for hydroxylation is 1. The molecule has 1 spiro atoms. The van der Waals surface area contributed by atoms with E-state index in [0.29, 0.717) is 11.4 Å². The minimum atomic E-state index is 0.366. The third-order valence-electron chi connectivity index (χ3n) is 4.05. The van der Waals surface area contributed by atoms with Crippen molar-refractivity contribution in [1.29, 1.82) is 0 Å². The number of anilines is 1. The van der Waals surface area contributed by atoms with Crippen LogP contribution >= 0.6 is 0 Å². The first-order valence-electron chi connectivity index (χ1n) is 5.92. The summed E-state index contributed by atoms with van der Waals surface area (Å²) >= 11 is 0. The molecule has 3 nitrogen and oxygen atoms in total. The van der Waals surface area contributed by atoms with E-state index in [1.807, 2.05) is 6.20 Å². The van der Waals surface area contributed by atoms with E-state index in [1.165, 1.54) is 49.8 Å². The highest BCUT2D eigenvalue weighted by molar-refractivity contribution is 5.34. The number of nitrogen functional groups attached to an aromatic ring is 1. The van der Waals surface area contributed by atoms with Crippen molar-refractivity contribution >= 4 is 5.95 Å². The van der Waals surface area contributed by atoms with Crippen molar-refractivity contribution in [3.05, 3.63) is 17.5 Å². The molecule has 0 atom stereocenters. The van der Waals surface area contributed by atoms with E-state index in [1.54, 1.807) is 0 Å². The molecule has 0 radical (unpaired) electrons. The number of nitrogens with two attached hydrogens (primary N) is 1. The predicted molar refractivity (Wildman–Crippen MR) is 59.5 cm³/mol. The van der Waals surface area contributed by atoms with E-state index in [2.05, 4.69) is 9.97 Å². The largest absolute Gasteiger partial charge is 0.368 e. The first-order chi connectivity index (χ1) is 7.30. The highest BCUT2D eigenvalue weighted by atomic mass is 15.0. The monoisotopic (exact) mass is 203 g/mol. The molecule has 3 rings (SSSR count). The summed E-state index contributed by atoms with van der Waals surface area (Å²) in [5.41, 5.74) is 8.70. The van der Waals surface area contributed by atoms with Crippen LogP contribution in [-0.4, -0.2) is 9.97 Å². The summed E-state index contributed by atoms with van der Waals surface area (Å²) in [5, 5.41) is 0. The van der Waals surface area contributed by atoms with Gasteiger partial charge in [0.25, 0.3) is 0 Å². The Morgan fingerprint density at radius 1 is 1.13 bits per heavy atom. The fourth-order valence-corrected chi connectivity index (χ4v) is 3.34. The molecule has 2 aliphatic rings. The zero-order chi connectivity index (χ0) is 10.3. The Labute approximate surface area is 90.1 Å². The lowest BCUT2D eigenvalue weighted by atomic mass is 9.72. The number of hydrogen-bond donors (Lipinski definition) is 1. The zero-order valence-electron chi connectivity index (χ0n) is 9.00. The first kappa shape index (κ1) is 9.13. The second kappa shape index (κ2) is 3.19. The van der Waals surface area contributed by atoms with Gasteiger partial charge in [-0.3, -0.25) is 0 Å². The normalized spacial score (nSPS) is 22.9. The summed E-state index contributed by atoms with van der Waals surface area (Å²) in [4.78, 5) is 8.63. The topological polar surface area (TPSA) is 51.8 Å². The van der Waals surface area contributed by atoms with E-state index >= 15 is 0 Å². The van der Waals surface area contributed by atoms with E-state index in [9.17, 15) is 0 Å². The molecule has 0 aromatic carbocycles. The standard InChI is InChI=1S/C12H17N3/c13-11-14-8-9-4-3-7-12(10(9)15-11)5-1-2-6-12/h8H,1-7H2,(H2,13,14,15). The molecule has 1 aromatic rings. The first-order valence-corrected chi connectivity index (χ1v) is 5.92. The lowest BCUT2D eigenvalue weighted by Crippen LogP contribution is -2.29. The average Bonchev–Trinajstić information content (AvgIpc) is 2.69. The Kier molecular flexibility index (Phi) is 1.94. The SMILES string of the molecule is Nc1ncc2c(n1)C1(CCCC1)CCC2. The number of nitrogens with zero attached hydrogens (tertiary/aromatic N) is 2. The number of fused-ring (bicyclic) bond motifs is 2. The second-order valence-corrected chi connectivity index (χ2v) is 4.94. The lowest BCUT2D eigenvalue weighted by molar-refractivity contribution is 0.357. The molecule has 0 amide bonds. The van der Waals surface area contributed by atoms with Crippen LogP contribution in [0.3, 0.4) is 0 Å². The second-order valence-electron chi connectivity index (χ2n) is 4.94. The van der Waals surface area contributed by atoms with Gasteiger partial charge in [0.1, 0.15) is 0 Å². The molecule has 1 saturated carbocycles. The van der Waals surface area contributed by atoms with Crippen molar-refractivity contribution in [3.8, 4) is 0 Å². The van der Waals surface area contributed by atoms with Gasteiger partial charge in [-0.05, 0) is 37.7 Å². The van der Waals surface area contributed by atoms with Gasteiger partial charge in [0, 0.05) is 11.6 Å². The molecule has 2 N–H and O–H groups in total. The molecule has 2 aliphatic carbocycles. The van der Waals surface area contributed by atoms with E-state index < -0.39 is 0 Å². The molecule has 0 unspecified atom stereocenters. The molecular weight excluding hydrogens is 186 g/mol. The van der Waals surface area contributed by atoms with Gasteiger partial charge in [0.05, 0.1) is 5.69 Å². The molecule has 1 aromatic heterocycles. The van der Waals surface area contributed by atoms with Gasteiger partial charge in [-0.1, -0.05) is 12.8 Å². The lowest BCUT2D eigenvalue weighted by Gasteiger charge is -2.34. The Hall–Kier alpha value is -1.12. The van der Waals surface area contributed by atoms with Crippen LogP contribution in [0.15, 0.2) is 6.20 Å². The summed E-state index contributed by atoms with van der Waals surface area (Å²) in [5.74, 6) is 0.446. The maximum Gasteiger partial charge on any atom is 0.220 e. The van der Waals surface area contributed by atoms with Crippen LogP contribution in [0.25, 0.3) is 0 Å². The molecule has 15 heavy (non-hydrogen) atoms. The molecule has 1 heterocycles. The van der Waals surface area contributed by atoms with Gasteiger partial charge in [0.15, 0.2) is 0 Å². The fourth-order valence-electron chi connectivity index (χ4n) is 3.34. The molecule has 0 aliphatic heterocycles. The Balaban J connectivity index is 2.12. The van der Waals surface area contributed by atoms with Crippen molar-refractivity contribution in [3.63, 3.8) is 0 Å². The Morgan fingerprint density at radius 3 is 2.67 bits per heavy atom. The number of hydrogen-bond acceptors (Lipinski definition) is 3. The van der Waals surface area contributed by atoms with Crippen LogP contribution in [0, 0.1) is 0 Å².